The molecule has 3 rings (SSSR count). The molecular formula is C24H19F7N4O2. The molecule has 3 aromatic rings. The SMILES string of the molecule is CC(=NNC(=O)c1cc(C)nc2ccc(C)cc12)c1cccc(NC(=O)C(F)(F)C(F)(F)C(F)(F)F)c1. The normalized spacial score (nSPS) is 13.0. The van der Waals surface area contributed by atoms with Crippen LogP contribution in [0.5, 0.6) is 0 Å². The number of carbonyl (C=O) groups excluding carboxylic acids is 2. The van der Waals surface area contributed by atoms with Crippen molar-refractivity contribution in [1.82, 2.24) is 10.4 Å². The second kappa shape index (κ2) is 9.79. The van der Waals surface area contributed by atoms with Crippen molar-refractivity contribution >= 4 is 34.1 Å². The number of hydrogen-bond donors (Lipinski definition) is 2. The number of carbonyl (C=O) groups is 2. The summed E-state index contributed by atoms with van der Waals surface area (Å²) >= 11 is 0. The minimum absolute atomic E-state index is 0.114. The van der Waals surface area contributed by atoms with E-state index in [1.165, 1.54) is 24.4 Å². The number of amides is 2. The van der Waals surface area contributed by atoms with Gasteiger partial charge in [0.2, 0.25) is 0 Å². The molecule has 0 atom stereocenters. The quantitative estimate of drug-likeness (QED) is 0.242. The molecule has 0 aliphatic rings. The number of rotatable bonds is 6. The van der Waals surface area contributed by atoms with Crippen molar-refractivity contribution in [2.75, 3.05) is 5.32 Å². The Morgan fingerprint density at radius 1 is 0.919 bits per heavy atom. The zero-order chi connectivity index (χ0) is 27.8. The van der Waals surface area contributed by atoms with E-state index < -0.39 is 35.5 Å². The van der Waals surface area contributed by atoms with Crippen LogP contribution in [0.4, 0.5) is 36.4 Å². The Morgan fingerprint density at radius 2 is 1.59 bits per heavy atom. The predicted octanol–water partition coefficient (Wildman–Crippen LogP) is 5.78. The Balaban J connectivity index is 1.81. The highest BCUT2D eigenvalue weighted by atomic mass is 19.4. The number of hydrazone groups is 1. The summed E-state index contributed by atoms with van der Waals surface area (Å²) in [6.07, 6.45) is -6.64. The van der Waals surface area contributed by atoms with Crippen molar-refractivity contribution in [3.63, 3.8) is 0 Å². The van der Waals surface area contributed by atoms with Crippen molar-refractivity contribution in [3.05, 3.63) is 70.9 Å². The van der Waals surface area contributed by atoms with Gasteiger partial charge in [-0.15, -0.1) is 0 Å². The topological polar surface area (TPSA) is 83.4 Å². The summed E-state index contributed by atoms with van der Waals surface area (Å²) < 4.78 is 90.5. The van der Waals surface area contributed by atoms with E-state index in [4.69, 9.17) is 0 Å². The van der Waals surface area contributed by atoms with Crippen LogP contribution in [0.2, 0.25) is 0 Å². The van der Waals surface area contributed by atoms with Gasteiger partial charge >= 0.3 is 23.9 Å². The summed E-state index contributed by atoms with van der Waals surface area (Å²) in [4.78, 5) is 28.8. The Bertz CT molecular complexity index is 1400. The van der Waals surface area contributed by atoms with E-state index in [9.17, 15) is 40.3 Å². The van der Waals surface area contributed by atoms with Gasteiger partial charge in [-0.3, -0.25) is 14.6 Å². The largest absolute Gasteiger partial charge is 0.460 e. The highest BCUT2D eigenvalue weighted by Gasteiger charge is 2.76. The summed E-state index contributed by atoms with van der Waals surface area (Å²) in [6, 6.07) is 11.6. The lowest BCUT2D eigenvalue weighted by Crippen LogP contribution is -2.57. The fourth-order valence-electron chi connectivity index (χ4n) is 3.27. The smallest absolute Gasteiger partial charge is 0.321 e. The lowest BCUT2D eigenvalue weighted by molar-refractivity contribution is -0.343. The Labute approximate surface area is 205 Å². The fourth-order valence-corrected chi connectivity index (χ4v) is 3.27. The zero-order valence-corrected chi connectivity index (χ0v) is 19.5. The Hall–Kier alpha value is -4.03. The first kappa shape index (κ1) is 27.6. The number of halogens is 7. The molecule has 0 aliphatic heterocycles. The van der Waals surface area contributed by atoms with Crippen molar-refractivity contribution in [2.24, 2.45) is 5.10 Å². The maximum Gasteiger partial charge on any atom is 0.460 e. The van der Waals surface area contributed by atoms with E-state index in [2.05, 4.69) is 15.5 Å². The van der Waals surface area contributed by atoms with Gasteiger partial charge in [0.05, 0.1) is 16.8 Å². The molecule has 2 amide bonds. The van der Waals surface area contributed by atoms with E-state index >= 15 is 0 Å². The van der Waals surface area contributed by atoms with Crippen LogP contribution in [0.25, 0.3) is 10.9 Å². The molecule has 6 nitrogen and oxygen atoms in total. The molecule has 1 heterocycles. The fraction of sp³-hybridized carbons (Fsp3) is 0.250. The molecule has 13 heteroatoms. The third-order valence-electron chi connectivity index (χ3n) is 5.24. The van der Waals surface area contributed by atoms with Gasteiger partial charge in [-0.25, -0.2) is 5.43 Å². The van der Waals surface area contributed by atoms with Crippen molar-refractivity contribution in [3.8, 4) is 0 Å². The van der Waals surface area contributed by atoms with Gasteiger partial charge in [-0.1, -0.05) is 23.8 Å². The number of benzene rings is 2. The first-order chi connectivity index (χ1) is 17.0. The van der Waals surface area contributed by atoms with Gasteiger partial charge in [-0.2, -0.15) is 35.8 Å². The first-order valence-corrected chi connectivity index (χ1v) is 10.5. The van der Waals surface area contributed by atoms with E-state index in [0.717, 1.165) is 17.7 Å². The van der Waals surface area contributed by atoms with Crippen molar-refractivity contribution < 1.29 is 40.3 Å². The van der Waals surface area contributed by atoms with E-state index in [1.54, 1.807) is 25.1 Å². The number of pyridine rings is 1. The number of aromatic nitrogens is 1. The van der Waals surface area contributed by atoms with Crippen LogP contribution in [0, 0.1) is 13.8 Å². The maximum atomic E-state index is 13.6. The molecule has 0 saturated heterocycles. The molecule has 0 saturated carbocycles. The molecule has 37 heavy (non-hydrogen) atoms. The number of aryl methyl sites for hydroxylation is 2. The second-order valence-corrected chi connectivity index (χ2v) is 8.15. The highest BCUT2D eigenvalue weighted by molar-refractivity contribution is 6.07. The van der Waals surface area contributed by atoms with E-state index in [-0.39, 0.29) is 16.8 Å². The average Bonchev–Trinajstić information content (AvgIpc) is 2.81. The molecule has 1 aromatic heterocycles. The minimum atomic E-state index is -6.64. The average molecular weight is 528 g/mol. The number of anilines is 1. The van der Waals surface area contributed by atoms with Gasteiger partial charge in [-0.05, 0) is 56.7 Å². The van der Waals surface area contributed by atoms with Gasteiger partial charge < -0.3 is 5.32 Å². The third-order valence-corrected chi connectivity index (χ3v) is 5.24. The number of nitrogens with one attached hydrogen (secondary N) is 2. The van der Waals surface area contributed by atoms with Crippen LogP contribution in [0.15, 0.2) is 53.6 Å². The molecule has 2 aromatic carbocycles. The third kappa shape index (κ3) is 5.54. The van der Waals surface area contributed by atoms with E-state index in [0.29, 0.717) is 16.6 Å². The summed E-state index contributed by atoms with van der Waals surface area (Å²) in [5, 5.41) is 5.88. The predicted molar refractivity (Wildman–Crippen MR) is 122 cm³/mol. The molecular weight excluding hydrogens is 509 g/mol. The van der Waals surface area contributed by atoms with E-state index in [1.807, 2.05) is 13.0 Å². The van der Waals surface area contributed by atoms with Gasteiger partial charge in [0.15, 0.2) is 0 Å². The van der Waals surface area contributed by atoms with Crippen LogP contribution in [-0.2, 0) is 4.79 Å². The minimum Gasteiger partial charge on any atom is -0.321 e. The summed E-state index contributed by atoms with van der Waals surface area (Å²) in [5.74, 6) is -16.1. The van der Waals surface area contributed by atoms with Crippen molar-refractivity contribution in [1.29, 1.82) is 0 Å². The van der Waals surface area contributed by atoms with Crippen LogP contribution in [-0.4, -0.2) is 40.5 Å². The van der Waals surface area contributed by atoms with Gasteiger partial charge in [0, 0.05) is 16.8 Å². The van der Waals surface area contributed by atoms with Gasteiger partial charge in [0.25, 0.3) is 5.91 Å². The Morgan fingerprint density at radius 3 is 2.24 bits per heavy atom. The van der Waals surface area contributed by atoms with Gasteiger partial charge in [0.1, 0.15) is 0 Å². The number of hydrogen-bond acceptors (Lipinski definition) is 4. The summed E-state index contributed by atoms with van der Waals surface area (Å²) in [5.41, 5.74) is 4.47. The van der Waals surface area contributed by atoms with Crippen molar-refractivity contribution in [2.45, 2.75) is 38.8 Å². The molecule has 0 spiro atoms. The summed E-state index contributed by atoms with van der Waals surface area (Å²) in [7, 11) is 0. The molecule has 0 unspecified atom stereocenters. The molecule has 0 fully saturated rings. The highest BCUT2D eigenvalue weighted by Crippen LogP contribution is 2.46. The molecule has 0 bridgehead atoms. The lowest BCUT2D eigenvalue weighted by atomic mass is 10.0. The van der Waals surface area contributed by atoms with Crippen LogP contribution < -0.4 is 10.7 Å². The first-order valence-electron chi connectivity index (χ1n) is 10.5. The standard InChI is InChI=1S/C24H19F7N4O2/c1-12-7-8-19-17(9-12)18(10-13(2)32-19)20(36)35-34-14(3)15-5-4-6-16(11-15)33-21(37)22(25,26)23(27,28)24(29,30)31/h4-11H,1-3H3,(H,33,37)(H,35,36). The molecule has 196 valence electrons. The van der Waals surface area contributed by atoms with Crippen LogP contribution in [0.1, 0.15) is 34.1 Å². The molecule has 2 N–H and O–H groups in total. The van der Waals surface area contributed by atoms with Crippen LogP contribution >= 0.6 is 0 Å². The number of fused-ring (bicyclic) bond motifs is 1. The lowest BCUT2D eigenvalue weighted by Gasteiger charge is -2.27. The Kier molecular flexibility index (Phi) is 7.29. The number of nitrogens with zero attached hydrogens (tertiary/aromatic N) is 2. The molecule has 0 aliphatic carbocycles. The number of alkyl halides is 7. The maximum absolute atomic E-state index is 13.6. The summed E-state index contributed by atoms with van der Waals surface area (Å²) in [6.45, 7) is 4.96. The van der Waals surface area contributed by atoms with Crippen LogP contribution in [0.3, 0.4) is 0 Å². The molecule has 0 radical (unpaired) electrons. The second-order valence-electron chi connectivity index (χ2n) is 8.15. The zero-order valence-electron chi connectivity index (χ0n) is 19.5. The monoisotopic (exact) mass is 528 g/mol.